The van der Waals surface area contributed by atoms with Crippen LogP contribution in [0.3, 0.4) is 0 Å². The van der Waals surface area contributed by atoms with E-state index in [1.54, 1.807) is 43.3 Å². The van der Waals surface area contributed by atoms with Crippen molar-refractivity contribution in [3.8, 4) is 11.3 Å². The number of benzene rings is 2. The highest BCUT2D eigenvalue weighted by Gasteiger charge is 2.21. The lowest BCUT2D eigenvalue weighted by atomic mass is 10.1. The van der Waals surface area contributed by atoms with Crippen LogP contribution in [0.1, 0.15) is 27.8 Å². The quantitative estimate of drug-likeness (QED) is 0.535. The van der Waals surface area contributed by atoms with Gasteiger partial charge in [-0.1, -0.05) is 23.7 Å². The van der Waals surface area contributed by atoms with Crippen LogP contribution in [0.25, 0.3) is 11.3 Å². The van der Waals surface area contributed by atoms with Gasteiger partial charge in [0.1, 0.15) is 5.76 Å². The van der Waals surface area contributed by atoms with Crippen molar-refractivity contribution >= 4 is 34.9 Å². The second kappa shape index (κ2) is 9.89. The van der Waals surface area contributed by atoms with E-state index < -0.39 is 11.9 Å². The lowest BCUT2D eigenvalue weighted by Crippen LogP contribution is -2.37. The van der Waals surface area contributed by atoms with Crippen molar-refractivity contribution in [1.82, 2.24) is 0 Å². The minimum absolute atomic E-state index is 0.148. The molecule has 0 unspecified atom stereocenters. The van der Waals surface area contributed by atoms with E-state index in [-0.39, 0.29) is 12.4 Å². The number of halogens is 1. The summed E-state index contributed by atoms with van der Waals surface area (Å²) in [6, 6.07) is 15.7. The number of ether oxygens (including phenoxy) is 2. The van der Waals surface area contributed by atoms with E-state index in [9.17, 15) is 9.59 Å². The van der Waals surface area contributed by atoms with Gasteiger partial charge in [-0.2, -0.15) is 0 Å². The zero-order valence-electron chi connectivity index (χ0n) is 17.6. The van der Waals surface area contributed by atoms with Crippen molar-refractivity contribution in [2.24, 2.45) is 0 Å². The molecular formula is C24H23ClN2O5. The van der Waals surface area contributed by atoms with Gasteiger partial charge < -0.3 is 24.1 Å². The van der Waals surface area contributed by atoms with E-state index in [4.69, 9.17) is 25.5 Å². The Morgan fingerprint density at radius 2 is 1.91 bits per heavy atom. The normalized spacial score (nSPS) is 13.6. The maximum Gasteiger partial charge on any atom is 0.340 e. The predicted octanol–water partition coefficient (Wildman–Crippen LogP) is 4.87. The van der Waals surface area contributed by atoms with Crippen molar-refractivity contribution in [2.45, 2.75) is 6.92 Å². The molecule has 2 heterocycles. The predicted molar refractivity (Wildman–Crippen MR) is 123 cm³/mol. The van der Waals surface area contributed by atoms with Crippen molar-refractivity contribution in [3.05, 3.63) is 70.9 Å². The molecule has 3 aromatic rings. The summed E-state index contributed by atoms with van der Waals surface area (Å²) in [5.74, 6) is -0.180. The molecule has 166 valence electrons. The van der Waals surface area contributed by atoms with Crippen LogP contribution in [0.15, 0.2) is 59.0 Å². The third-order valence-electron chi connectivity index (χ3n) is 5.04. The molecule has 1 aliphatic rings. The van der Waals surface area contributed by atoms with Crippen LogP contribution in [0.5, 0.6) is 0 Å². The number of amides is 1. The van der Waals surface area contributed by atoms with Gasteiger partial charge in [0.2, 0.25) is 0 Å². The number of furan rings is 1. The van der Waals surface area contributed by atoms with Gasteiger partial charge in [0, 0.05) is 29.4 Å². The van der Waals surface area contributed by atoms with Gasteiger partial charge >= 0.3 is 5.97 Å². The summed E-state index contributed by atoms with van der Waals surface area (Å²) in [5, 5.41) is 3.37. The number of carbonyl (C=O) groups is 2. The van der Waals surface area contributed by atoms with Crippen molar-refractivity contribution in [1.29, 1.82) is 0 Å². The minimum atomic E-state index is -0.439. The van der Waals surface area contributed by atoms with Crippen LogP contribution in [-0.2, 0) is 9.47 Å². The van der Waals surface area contributed by atoms with Crippen LogP contribution in [0.2, 0.25) is 5.02 Å². The molecule has 1 amide bonds. The number of rotatable bonds is 6. The van der Waals surface area contributed by atoms with E-state index in [0.29, 0.717) is 48.3 Å². The molecule has 1 aromatic heterocycles. The fraction of sp³-hybridized carbons (Fsp3) is 0.250. The molecule has 1 saturated heterocycles. The first-order chi connectivity index (χ1) is 15.5. The number of hydrogen-bond acceptors (Lipinski definition) is 6. The molecule has 0 aliphatic carbocycles. The van der Waals surface area contributed by atoms with Gasteiger partial charge in [0.15, 0.2) is 5.76 Å². The van der Waals surface area contributed by atoms with Crippen molar-refractivity contribution in [2.75, 3.05) is 43.1 Å². The Morgan fingerprint density at radius 3 is 2.66 bits per heavy atom. The number of nitrogens with zero attached hydrogens (tertiary/aromatic N) is 1. The van der Waals surface area contributed by atoms with E-state index >= 15 is 0 Å². The van der Waals surface area contributed by atoms with Gasteiger partial charge in [-0.25, -0.2) is 4.79 Å². The van der Waals surface area contributed by atoms with Gasteiger partial charge in [0.25, 0.3) is 5.91 Å². The number of carbonyl (C=O) groups excluding carboxylic acids is 2. The van der Waals surface area contributed by atoms with Crippen LogP contribution in [-0.4, -0.2) is 44.8 Å². The maximum absolute atomic E-state index is 12.7. The average molecular weight is 455 g/mol. The lowest BCUT2D eigenvalue weighted by Gasteiger charge is -2.30. The molecule has 2 aromatic carbocycles. The average Bonchev–Trinajstić information content (AvgIpc) is 3.30. The molecule has 1 aliphatic heterocycles. The minimum Gasteiger partial charge on any atom is -0.462 e. The topological polar surface area (TPSA) is 81.0 Å². The smallest absolute Gasteiger partial charge is 0.340 e. The Labute approximate surface area is 190 Å². The molecule has 4 rings (SSSR count). The van der Waals surface area contributed by atoms with E-state index in [0.717, 1.165) is 11.3 Å². The summed E-state index contributed by atoms with van der Waals surface area (Å²) in [6.07, 6.45) is 0. The Morgan fingerprint density at radius 1 is 1.09 bits per heavy atom. The molecule has 0 spiro atoms. The van der Waals surface area contributed by atoms with Gasteiger partial charge in [0.05, 0.1) is 31.1 Å². The molecule has 8 heteroatoms. The first kappa shape index (κ1) is 21.9. The largest absolute Gasteiger partial charge is 0.462 e. The van der Waals surface area contributed by atoms with Crippen LogP contribution in [0.4, 0.5) is 11.4 Å². The summed E-state index contributed by atoms with van der Waals surface area (Å²) < 4.78 is 16.3. The third kappa shape index (κ3) is 4.95. The zero-order chi connectivity index (χ0) is 22.5. The number of anilines is 2. The fourth-order valence-electron chi connectivity index (χ4n) is 3.52. The number of hydrogen-bond donors (Lipinski definition) is 1. The van der Waals surface area contributed by atoms with Gasteiger partial charge in [-0.15, -0.1) is 0 Å². The second-order valence-electron chi connectivity index (χ2n) is 7.18. The molecule has 0 radical (unpaired) electrons. The van der Waals surface area contributed by atoms with Crippen LogP contribution in [0, 0.1) is 0 Å². The molecule has 7 nitrogen and oxygen atoms in total. The first-order valence-electron chi connectivity index (χ1n) is 10.4. The summed E-state index contributed by atoms with van der Waals surface area (Å²) in [6.45, 7) is 4.55. The van der Waals surface area contributed by atoms with Crippen molar-refractivity contribution < 1.29 is 23.5 Å². The highest BCUT2D eigenvalue weighted by atomic mass is 35.5. The summed E-state index contributed by atoms with van der Waals surface area (Å²) in [7, 11) is 0. The summed E-state index contributed by atoms with van der Waals surface area (Å²) >= 11 is 6.03. The molecule has 0 atom stereocenters. The third-order valence-corrected chi connectivity index (χ3v) is 5.28. The molecule has 1 fully saturated rings. The summed E-state index contributed by atoms with van der Waals surface area (Å²) in [5.41, 5.74) is 2.39. The summed E-state index contributed by atoms with van der Waals surface area (Å²) in [4.78, 5) is 27.4. The Hall–Kier alpha value is -3.29. The number of esters is 1. The van der Waals surface area contributed by atoms with E-state index in [2.05, 4.69) is 10.2 Å². The highest BCUT2D eigenvalue weighted by molar-refractivity contribution is 6.30. The Balaban J connectivity index is 1.55. The molecule has 0 bridgehead atoms. The van der Waals surface area contributed by atoms with E-state index in [1.165, 1.54) is 0 Å². The number of nitrogens with one attached hydrogen (secondary N) is 1. The highest BCUT2D eigenvalue weighted by Crippen LogP contribution is 2.28. The second-order valence-corrected chi connectivity index (χ2v) is 7.62. The lowest BCUT2D eigenvalue weighted by molar-refractivity contribution is 0.0526. The fourth-order valence-corrected chi connectivity index (χ4v) is 3.71. The maximum atomic E-state index is 12.7. The van der Waals surface area contributed by atoms with Crippen molar-refractivity contribution in [3.63, 3.8) is 0 Å². The molecular weight excluding hydrogens is 432 g/mol. The van der Waals surface area contributed by atoms with Crippen LogP contribution < -0.4 is 10.2 Å². The van der Waals surface area contributed by atoms with Gasteiger partial charge in [-0.3, -0.25) is 4.79 Å². The van der Waals surface area contributed by atoms with Crippen LogP contribution >= 0.6 is 11.6 Å². The molecule has 0 saturated carbocycles. The first-order valence-corrected chi connectivity index (χ1v) is 10.7. The standard InChI is InChI=1S/C24H23ClN2O5/c1-2-31-24(29)19-15-18(6-7-20(19)27-10-12-30-13-11-27)26-23(28)22-9-8-21(32-22)16-4-3-5-17(25)14-16/h3-9,14-15H,2,10-13H2,1H3,(H,26,28). The van der Waals surface area contributed by atoms with E-state index in [1.807, 2.05) is 18.2 Å². The van der Waals surface area contributed by atoms with Gasteiger partial charge in [-0.05, 0) is 49.4 Å². The molecule has 32 heavy (non-hydrogen) atoms. The SMILES string of the molecule is CCOC(=O)c1cc(NC(=O)c2ccc(-c3cccc(Cl)c3)o2)ccc1N1CCOCC1. The number of morpholine rings is 1. The zero-order valence-corrected chi connectivity index (χ0v) is 18.4. The molecule has 1 N–H and O–H groups in total. The Bertz CT molecular complexity index is 1120. The monoisotopic (exact) mass is 454 g/mol. The Kier molecular flexibility index (Phi) is 6.78.